The first-order valence-electron chi connectivity index (χ1n) is 13.4. The predicted molar refractivity (Wildman–Crippen MR) is 144 cm³/mol. The zero-order valence-corrected chi connectivity index (χ0v) is 22.0. The van der Waals surface area contributed by atoms with Crippen LogP contribution in [0.1, 0.15) is 54.2 Å². The Labute approximate surface area is 235 Å². The SMILES string of the molecule is O=C(c1cc(-c2ccncc2)n(-c2ccc(C(F)(F)F)cc2)n1)C1CCCC(n2c(=O)[nH]c3ccc(F)c(F)c32)CC1. The number of nitrogens with zero attached hydrogens (tertiary/aromatic N) is 4. The molecule has 0 bridgehead atoms. The second-order valence-electron chi connectivity index (χ2n) is 10.4. The van der Waals surface area contributed by atoms with Gasteiger partial charge in [-0.3, -0.25) is 14.3 Å². The van der Waals surface area contributed by atoms with E-state index in [4.69, 9.17) is 0 Å². The number of alkyl halides is 3. The van der Waals surface area contributed by atoms with E-state index in [-0.39, 0.29) is 22.5 Å². The lowest BCUT2D eigenvalue weighted by molar-refractivity contribution is -0.137. The van der Waals surface area contributed by atoms with Crippen LogP contribution in [0.4, 0.5) is 22.0 Å². The highest BCUT2D eigenvalue weighted by molar-refractivity contribution is 5.97. The molecule has 0 spiro atoms. The molecule has 2 atom stereocenters. The van der Waals surface area contributed by atoms with Gasteiger partial charge in [0.05, 0.1) is 22.5 Å². The highest BCUT2D eigenvalue weighted by Crippen LogP contribution is 2.35. The quantitative estimate of drug-likeness (QED) is 0.139. The molecule has 6 rings (SSSR count). The normalized spacial score (nSPS) is 17.8. The van der Waals surface area contributed by atoms with Crippen molar-refractivity contribution in [3.63, 3.8) is 0 Å². The molecule has 1 aliphatic rings. The van der Waals surface area contributed by atoms with Crippen LogP contribution >= 0.6 is 0 Å². The number of carbonyl (C=O) groups is 1. The summed E-state index contributed by atoms with van der Waals surface area (Å²) < 4.78 is 70.8. The molecular weight excluding hydrogens is 557 g/mol. The van der Waals surface area contributed by atoms with Crippen LogP contribution in [0.3, 0.4) is 0 Å². The van der Waals surface area contributed by atoms with E-state index < -0.39 is 41.0 Å². The lowest BCUT2D eigenvalue weighted by atomic mass is 9.93. The summed E-state index contributed by atoms with van der Waals surface area (Å²) in [4.78, 5) is 33.0. The van der Waals surface area contributed by atoms with Gasteiger partial charge in [-0.2, -0.15) is 18.3 Å². The predicted octanol–water partition coefficient (Wildman–Crippen LogP) is 6.88. The number of hydrogen-bond donors (Lipinski definition) is 1. The Morgan fingerprint density at radius 1 is 0.929 bits per heavy atom. The number of ketones is 1. The molecule has 2 unspecified atom stereocenters. The number of carbonyl (C=O) groups excluding carboxylic acids is 1. The van der Waals surface area contributed by atoms with Gasteiger partial charge < -0.3 is 4.98 Å². The summed E-state index contributed by atoms with van der Waals surface area (Å²) in [6.45, 7) is 0. The first-order chi connectivity index (χ1) is 20.1. The Morgan fingerprint density at radius 3 is 2.38 bits per heavy atom. The third-order valence-electron chi connectivity index (χ3n) is 7.82. The number of nitrogens with one attached hydrogen (secondary N) is 1. The Balaban J connectivity index is 1.30. The van der Waals surface area contributed by atoms with E-state index in [1.54, 1.807) is 30.6 Å². The molecule has 1 saturated carbocycles. The van der Waals surface area contributed by atoms with Crippen LogP contribution in [0.25, 0.3) is 28.0 Å². The van der Waals surface area contributed by atoms with Crippen molar-refractivity contribution in [2.75, 3.05) is 0 Å². The van der Waals surface area contributed by atoms with Gasteiger partial charge in [0.1, 0.15) is 11.2 Å². The summed E-state index contributed by atoms with van der Waals surface area (Å²) in [7, 11) is 0. The summed E-state index contributed by atoms with van der Waals surface area (Å²) >= 11 is 0. The first-order valence-corrected chi connectivity index (χ1v) is 13.4. The van der Waals surface area contributed by atoms with Gasteiger partial charge in [0.25, 0.3) is 0 Å². The lowest BCUT2D eigenvalue weighted by Gasteiger charge is -2.17. The Bertz CT molecular complexity index is 1820. The van der Waals surface area contributed by atoms with E-state index in [1.165, 1.54) is 27.4 Å². The number of imidazole rings is 1. The van der Waals surface area contributed by atoms with Crippen LogP contribution in [0.15, 0.2) is 71.8 Å². The molecule has 3 aromatic heterocycles. The number of aromatic nitrogens is 5. The number of aromatic amines is 1. The fraction of sp³-hybridized carbons (Fsp3) is 0.267. The van der Waals surface area contributed by atoms with Crippen molar-refractivity contribution >= 4 is 16.8 Å². The molecule has 0 aliphatic heterocycles. The first kappa shape index (κ1) is 27.6. The second kappa shape index (κ2) is 10.7. The van der Waals surface area contributed by atoms with E-state index in [0.29, 0.717) is 49.0 Å². The second-order valence-corrected chi connectivity index (χ2v) is 10.4. The number of halogens is 5. The van der Waals surface area contributed by atoms with Gasteiger partial charge in [-0.05, 0) is 80.3 Å². The summed E-state index contributed by atoms with van der Waals surface area (Å²) in [5, 5.41) is 4.51. The van der Waals surface area contributed by atoms with Crippen molar-refractivity contribution in [1.29, 1.82) is 0 Å². The number of Topliss-reactive ketones (excluding diaryl/α,β-unsaturated/α-hetero) is 1. The summed E-state index contributed by atoms with van der Waals surface area (Å²) in [5.41, 5.74) is 0.428. The number of pyridine rings is 1. The fourth-order valence-corrected chi connectivity index (χ4v) is 5.73. The molecule has 42 heavy (non-hydrogen) atoms. The number of hydrogen-bond acceptors (Lipinski definition) is 4. The van der Waals surface area contributed by atoms with Gasteiger partial charge in [0, 0.05) is 29.9 Å². The van der Waals surface area contributed by atoms with Crippen molar-refractivity contribution < 1.29 is 26.7 Å². The topological polar surface area (TPSA) is 85.6 Å². The molecule has 3 heterocycles. The summed E-state index contributed by atoms with van der Waals surface area (Å²) in [6.07, 6.45) is 0.964. The van der Waals surface area contributed by atoms with Crippen molar-refractivity contribution in [3.05, 3.63) is 100 Å². The van der Waals surface area contributed by atoms with Crippen molar-refractivity contribution in [3.8, 4) is 16.9 Å². The molecule has 1 N–H and O–H groups in total. The van der Waals surface area contributed by atoms with E-state index in [2.05, 4.69) is 15.1 Å². The molecular formula is C30H24F5N5O2. The van der Waals surface area contributed by atoms with Crippen LogP contribution in [-0.2, 0) is 6.18 Å². The zero-order valence-electron chi connectivity index (χ0n) is 22.0. The minimum Gasteiger partial charge on any atom is -0.305 e. The van der Waals surface area contributed by atoms with E-state index >= 15 is 0 Å². The van der Waals surface area contributed by atoms with Crippen molar-refractivity contribution in [2.24, 2.45) is 5.92 Å². The van der Waals surface area contributed by atoms with Crippen LogP contribution in [-0.4, -0.2) is 30.1 Å². The molecule has 0 saturated heterocycles. The Morgan fingerprint density at radius 2 is 1.67 bits per heavy atom. The zero-order chi connectivity index (χ0) is 29.6. The van der Waals surface area contributed by atoms with Gasteiger partial charge >= 0.3 is 11.9 Å². The number of fused-ring (bicyclic) bond motifs is 1. The number of H-pyrrole nitrogens is 1. The minimum absolute atomic E-state index is 0.118. The maximum atomic E-state index is 14.7. The largest absolute Gasteiger partial charge is 0.416 e. The molecule has 1 fully saturated rings. The van der Waals surface area contributed by atoms with Crippen LogP contribution in [0.2, 0.25) is 0 Å². The standard InChI is InChI=1S/C30H24F5N5O2/c31-22-10-11-23-27(26(22)32)39(29(42)37-23)20-3-1-2-18(4-7-20)28(41)24-16-25(17-12-14-36-15-13-17)40(38-24)21-8-5-19(6-9-21)30(33,34)35/h5-6,8-16,18,20H,1-4,7H2,(H,37,42). The molecule has 7 nitrogen and oxygen atoms in total. The van der Waals surface area contributed by atoms with Gasteiger partial charge in [0.15, 0.2) is 17.4 Å². The lowest BCUT2D eigenvalue weighted by Crippen LogP contribution is -2.23. The highest BCUT2D eigenvalue weighted by atomic mass is 19.4. The molecule has 1 aliphatic carbocycles. The van der Waals surface area contributed by atoms with Gasteiger partial charge in [-0.15, -0.1) is 0 Å². The minimum atomic E-state index is -4.49. The molecule has 0 amide bonds. The van der Waals surface area contributed by atoms with E-state index in [0.717, 1.165) is 18.2 Å². The highest BCUT2D eigenvalue weighted by Gasteiger charge is 2.32. The van der Waals surface area contributed by atoms with Crippen molar-refractivity contribution in [1.82, 2.24) is 24.3 Å². The maximum Gasteiger partial charge on any atom is 0.416 e. The molecule has 0 radical (unpaired) electrons. The molecule has 216 valence electrons. The maximum absolute atomic E-state index is 14.7. The number of benzene rings is 2. The number of rotatable bonds is 5. The summed E-state index contributed by atoms with van der Waals surface area (Å²) in [5.74, 6) is -2.83. The van der Waals surface area contributed by atoms with E-state index in [9.17, 15) is 31.5 Å². The van der Waals surface area contributed by atoms with Gasteiger partial charge in [-0.1, -0.05) is 6.42 Å². The third-order valence-corrected chi connectivity index (χ3v) is 7.82. The average molecular weight is 582 g/mol. The monoisotopic (exact) mass is 581 g/mol. The van der Waals surface area contributed by atoms with Crippen LogP contribution in [0.5, 0.6) is 0 Å². The van der Waals surface area contributed by atoms with Gasteiger partial charge in [0.2, 0.25) is 0 Å². The molecule has 2 aromatic carbocycles. The van der Waals surface area contributed by atoms with E-state index in [1.807, 2.05) is 0 Å². The smallest absolute Gasteiger partial charge is 0.305 e. The van der Waals surface area contributed by atoms with Gasteiger partial charge in [-0.25, -0.2) is 18.3 Å². The fourth-order valence-electron chi connectivity index (χ4n) is 5.73. The molecule has 5 aromatic rings. The average Bonchev–Trinajstić information content (AvgIpc) is 3.48. The Kier molecular flexibility index (Phi) is 6.99. The molecule has 12 heteroatoms. The Hall–Kier alpha value is -4.61. The summed E-state index contributed by atoms with van der Waals surface area (Å²) in [6, 6.07) is 11.4. The third kappa shape index (κ3) is 5.01. The van der Waals surface area contributed by atoms with Crippen molar-refractivity contribution in [2.45, 2.75) is 44.3 Å². The van der Waals surface area contributed by atoms with Crippen LogP contribution < -0.4 is 5.69 Å². The van der Waals surface area contributed by atoms with Crippen LogP contribution in [0, 0.1) is 17.6 Å².